The Kier molecular flexibility index (Phi) is 3.56. The minimum Gasteiger partial charge on any atom is -0.490 e. The van der Waals surface area contributed by atoms with Gasteiger partial charge in [-0.1, -0.05) is 5.92 Å². The van der Waals surface area contributed by atoms with Gasteiger partial charge in [0.2, 0.25) is 0 Å². The molecule has 0 aliphatic carbocycles. The summed E-state index contributed by atoms with van der Waals surface area (Å²) in [6.07, 6.45) is 7.10. The molecule has 0 aromatic carbocycles. The van der Waals surface area contributed by atoms with Crippen molar-refractivity contribution in [1.82, 2.24) is 4.98 Å². The van der Waals surface area contributed by atoms with Crippen molar-refractivity contribution in [2.24, 2.45) is 0 Å². The molecule has 3 heteroatoms. The molecule has 80 valence electrons. The summed E-state index contributed by atoms with van der Waals surface area (Å²) in [6, 6.07) is 3.70. The molecule has 3 nitrogen and oxygen atoms in total. The van der Waals surface area contributed by atoms with Crippen LogP contribution in [0.2, 0.25) is 0 Å². The third-order valence-corrected chi connectivity index (χ3v) is 1.86. The molecular formula is C12H16N2O. The van der Waals surface area contributed by atoms with Gasteiger partial charge >= 0.3 is 0 Å². The monoisotopic (exact) mass is 204 g/mol. The molecule has 0 aliphatic heterocycles. The van der Waals surface area contributed by atoms with E-state index in [1.165, 1.54) is 0 Å². The predicted octanol–water partition coefficient (Wildman–Crippen LogP) is 2.30. The van der Waals surface area contributed by atoms with Crippen LogP contribution in [0.3, 0.4) is 0 Å². The molecule has 1 aromatic rings. The molecule has 0 radical (unpaired) electrons. The molecule has 15 heavy (non-hydrogen) atoms. The summed E-state index contributed by atoms with van der Waals surface area (Å²) in [4.78, 5) is 4.20. The Morgan fingerprint density at radius 2 is 2.33 bits per heavy atom. The second-order valence-corrected chi connectivity index (χ2v) is 3.68. The van der Waals surface area contributed by atoms with Gasteiger partial charge in [-0.15, -0.1) is 6.42 Å². The van der Waals surface area contributed by atoms with Crippen molar-refractivity contribution in [3.05, 3.63) is 18.3 Å². The number of ether oxygens (including phenoxy) is 1. The Balaban J connectivity index is 2.90. The zero-order valence-corrected chi connectivity index (χ0v) is 9.37. The lowest BCUT2D eigenvalue weighted by Gasteiger charge is -2.21. The van der Waals surface area contributed by atoms with Crippen molar-refractivity contribution >= 4 is 5.82 Å². The number of nitrogens with one attached hydrogen (secondary N) is 1. The lowest BCUT2D eigenvalue weighted by molar-refractivity contribution is 0.340. The van der Waals surface area contributed by atoms with E-state index in [1.54, 1.807) is 6.20 Å². The average Bonchev–Trinajstić information content (AvgIpc) is 2.21. The van der Waals surface area contributed by atoms with Crippen molar-refractivity contribution in [3.63, 3.8) is 0 Å². The molecule has 0 bridgehead atoms. The number of aromatic nitrogens is 1. The lowest BCUT2D eigenvalue weighted by Crippen LogP contribution is -2.29. The van der Waals surface area contributed by atoms with Gasteiger partial charge in [0.05, 0.1) is 12.1 Å². The fourth-order valence-electron chi connectivity index (χ4n) is 1.09. The highest BCUT2D eigenvalue weighted by Gasteiger charge is 2.16. The van der Waals surface area contributed by atoms with Crippen molar-refractivity contribution in [2.75, 3.05) is 11.9 Å². The number of terminal acetylenes is 1. The molecule has 0 spiro atoms. The van der Waals surface area contributed by atoms with E-state index in [0.717, 1.165) is 5.75 Å². The molecule has 0 amide bonds. The Bertz CT molecular complexity index is 366. The highest BCUT2D eigenvalue weighted by atomic mass is 16.5. The third-order valence-electron chi connectivity index (χ3n) is 1.86. The fraction of sp³-hybridized carbons (Fsp3) is 0.417. The number of hydrogen-bond acceptors (Lipinski definition) is 3. The van der Waals surface area contributed by atoms with Gasteiger partial charge < -0.3 is 10.1 Å². The van der Waals surface area contributed by atoms with E-state index in [0.29, 0.717) is 12.4 Å². The SMILES string of the molecule is C#CC(C)(C)Nc1ncccc1OCC. The molecule has 0 aliphatic rings. The topological polar surface area (TPSA) is 34.2 Å². The largest absolute Gasteiger partial charge is 0.490 e. The van der Waals surface area contributed by atoms with Crippen molar-refractivity contribution in [3.8, 4) is 18.1 Å². The first-order chi connectivity index (χ1) is 7.09. The maximum atomic E-state index is 5.43. The minimum absolute atomic E-state index is 0.430. The van der Waals surface area contributed by atoms with E-state index in [2.05, 4.69) is 16.2 Å². The van der Waals surface area contributed by atoms with Crippen LogP contribution in [0.15, 0.2) is 18.3 Å². The molecule has 0 atom stereocenters. The van der Waals surface area contributed by atoms with Crippen LogP contribution in [0, 0.1) is 12.3 Å². The molecule has 1 rings (SSSR count). The molecular weight excluding hydrogens is 188 g/mol. The van der Waals surface area contributed by atoms with Gasteiger partial charge in [0.1, 0.15) is 0 Å². The Labute approximate surface area is 90.9 Å². The smallest absolute Gasteiger partial charge is 0.169 e. The number of nitrogens with zero attached hydrogens (tertiary/aromatic N) is 1. The zero-order valence-electron chi connectivity index (χ0n) is 9.37. The van der Waals surface area contributed by atoms with Gasteiger partial charge in [-0.25, -0.2) is 4.98 Å². The summed E-state index contributed by atoms with van der Waals surface area (Å²) in [5.74, 6) is 4.06. The van der Waals surface area contributed by atoms with E-state index < -0.39 is 5.54 Å². The maximum absolute atomic E-state index is 5.43. The third kappa shape index (κ3) is 3.17. The Hall–Kier alpha value is -1.69. The lowest BCUT2D eigenvalue weighted by atomic mass is 10.1. The van der Waals surface area contributed by atoms with Gasteiger partial charge in [0, 0.05) is 6.20 Å². The van der Waals surface area contributed by atoms with Crippen LogP contribution in [0.5, 0.6) is 5.75 Å². The van der Waals surface area contributed by atoms with E-state index in [9.17, 15) is 0 Å². The van der Waals surface area contributed by atoms with E-state index >= 15 is 0 Å². The average molecular weight is 204 g/mol. The predicted molar refractivity (Wildman–Crippen MR) is 61.9 cm³/mol. The second kappa shape index (κ2) is 4.70. The Morgan fingerprint density at radius 3 is 2.93 bits per heavy atom. The molecule has 0 saturated heterocycles. The summed E-state index contributed by atoms with van der Waals surface area (Å²) < 4.78 is 5.43. The number of hydrogen-bond donors (Lipinski definition) is 1. The molecule has 0 unspecified atom stereocenters. The van der Waals surface area contributed by atoms with E-state index in [4.69, 9.17) is 11.2 Å². The summed E-state index contributed by atoms with van der Waals surface area (Å²) in [5.41, 5.74) is -0.430. The van der Waals surface area contributed by atoms with Crippen LogP contribution in [0.4, 0.5) is 5.82 Å². The molecule has 1 N–H and O–H groups in total. The fourth-order valence-corrected chi connectivity index (χ4v) is 1.09. The number of anilines is 1. The first kappa shape index (κ1) is 11.4. The van der Waals surface area contributed by atoms with Crippen LogP contribution >= 0.6 is 0 Å². The van der Waals surface area contributed by atoms with Gasteiger partial charge in [-0.05, 0) is 32.9 Å². The number of rotatable bonds is 4. The van der Waals surface area contributed by atoms with E-state index in [1.807, 2.05) is 32.9 Å². The molecule has 0 fully saturated rings. The van der Waals surface area contributed by atoms with Gasteiger partial charge in [0.25, 0.3) is 0 Å². The zero-order chi connectivity index (χ0) is 11.3. The van der Waals surface area contributed by atoms with Crippen LogP contribution < -0.4 is 10.1 Å². The first-order valence-corrected chi connectivity index (χ1v) is 4.93. The van der Waals surface area contributed by atoms with Crippen LogP contribution in [0.25, 0.3) is 0 Å². The standard InChI is InChI=1S/C12H16N2O/c1-5-12(3,4)14-11-10(15-6-2)8-7-9-13-11/h1,7-9H,6H2,2-4H3,(H,13,14). The summed E-state index contributed by atoms with van der Waals surface area (Å²) in [7, 11) is 0. The summed E-state index contributed by atoms with van der Waals surface area (Å²) >= 11 is 0. The number of pyridine rings is 1. The van der Waals surface area contributed by atoms with Crippen molar-refractivity contribution in [1.29, 1.82) is 0 Å². The minimum atomic E-state index is -0.430. The van der Waals surface area contributed by atoms with Gasteiger partial charge in [0.15, 0.2) is 11.6 Å². The Morgan fingerprint density at radius 1 is 1.60 bits per heavy atom. The molecule has 0 saturated carbocycles. The maximum Gasteiger partial charge on any atom is 0.169 e. The van der Waals surface area contributed by atoms with Crippen molar-refractivity contribution in [2.45, 2.75) is 26.3 Å². The van der Waals surface area contributed by atoms with Crippen molar-refractivity contribution < 1.29 is 4.74 Å². The van der Waals surface area contributed by atoms with Crippen LogP contribution in [0.1, 0.15) is 20.8 Å². The molecule has 1 heterocycles. The van der Waals surface area contributed by atoms with Gasteiger partial charge in [-0.2, -0.15) is 0 Å². The van der Waals surface area contributed by atoms with E-state index in [-0.39, 0.29) is 0 Å². The first-order valence-electron chi connectivity index (χ1n) is 4.93. The molecule has 1 aromatic heterocycles. The second-order valence-electron chi connectivity index (χ2n) is 3.68. The quantitative estimate of drug-likeness (QED) is 0.764. The summed E-state index contributed by atoms with van der Waals surface area (Å²) in [5, 5.41) is 3.15. The van der Waals surface area contributed by atoms with Crippen LogP contribution in [-0.4, -0.2) is 17.1 Å². The highest BCUT2D eigenvalue weighted by Crippen LogP contribution is 2.23. The normalized spacial score (nSPS) is 10.5. The summed E-state index contributed by atoms with van der Waals surface area (Å²) in [6.45, 7) is 6.37. The highest BCUT2D eigenvalue weighted by molar-refractivity contribution is 5.52. The van der Waals surface area contributed by atoms with Gasteiger partial charge in [-0.3, -0.25) is 0 Å². The van der Waals surface area contributed by atoms with Crippen LogP contribution in [-0.2, 0) is 0 Å².